The summed E-state index contributed by atoms with van der Waals surface area (Å²) in [7, 11) is 0. The van der Waals surface area contributed by atoms with E-state index in [1.807, 2.05) is 12.2 Å². The summed E-state index contributed by atoms with van der Waals surface area (Å²) in [5.74, 6) is -0.312. The van der Waals surface area contributed by atoms with Crippen LogP contribution in [-0.2, 0) is 9.53 Å². The zero-order valence-corrected chi connectivity index (χ0v) is 11.0. The van der Waals surface area contributed by atoms with Crippen molar-refractivity contribution in [1.82, 2.24) is 5.32 Å². The van der Waals surface area contributed by atoms with Crippen molar-refractivity contribution in [2.24, 2.45) is 23.5 Å². The van der Waals surface area contributed by atoms with E-state index in [0.717, 1.165) is 6.42 Å². The molecule has 5 nitrogen and oxygen atoms in total. The molecule has 1 saturated carbocycles. The highest BCUT2D eigenvalue weighted by atomic mass is 16.6. The fraction of sp³-hybridized carbons (Fsp3) is 0.692. The summed E-state index contributed by atoms with van der Waals surface area (Å²) in [6, 6.07) is -0.229. The van der Waals surface area contributed by atoms with Crippen LogP contribution in [0.1, 0.15) is 27.2 Å². The number of allylic oxidation sites excluding steroid dienone is 1. The van der Waals surface area contributed by atoms with Crippen LogP contribution in [0, 0.1) is 17.8 Å². The van der Waals surface area contributed by atoms with E-state index >= 15 is 0 Å². The fourth-order valence-corrected chi connectivity index (χ4v) is 2.85. The molecule has 2 rings (SSSR count). The Balaban J connectivity index is 2.02. The molecule has 0 aromatic carbocycles. The predicted octanol–water partition coefficient (Wildman–Crippen LogP) is 1.19. The summed E-state index contributed by atoms with van der Waals surface area (Å²) in [4.78, 5) is 23.2. The van der Waals surface area contributed by atoms with Crippen LogP contribution in [0.3, 0.4) is 0 Å². The van der Waals surface area contributed by atoms with Crippen LogP contribution in [-0.4, -0.2) is 23.6 Å². The zero-order valence-electron chi connectivity index (χ0n) is 11.0. The molecule has 2 bridgehead atoms. The number of hydrogen-bond donors (Lipinski definition) is 2. The SMILES string of the molecule is CC(C)(C)OC(=O)N[C@H]1C(C(N)=O)[C@H]2C=C[C@H]1C2. The van der Waals surface area contributed by atoms with Crippen LogP contribution in [0.4, 0.5) is 4.79 Å². The van der Waals surface area contributed by atoms with Crippen LogP contribution in [0.15, 0.2) is 12.2 Å². The first-order chi connectivity index (χ1) is 8.28. The van der Waals surface area contributed by atoms with E-state index in [1.54, 1.807) is 20.8 Å². The minimum Gasteiger partial charge on any atom is -0.444 e. The number of rotatable bonds is 2. The molecular formula is C13H20N2O3. The van der Waals surface area contributed by atoms with Crippen molar-refractivity contribution in [3.05, 3.63) is 12.2 Å². The third-order valence-electron chi connectivity index (χ3n) is 3.47. The summed E-state index contributed by atoms with van der Waals surface area (Å²) in [5, 5.41) is 2.79. The Bertz CT molecular complexity index is 398. The minimum absolute atomic E-state index is 0.160. The highest BCUT2D eigenvalue weighted by Gasteiger charge is 2.48. The van der Waals surface area contributed by atoms with E-state index < -0.39 is 11.7 Å². The Hall–Kier alpha value is -1.52. The second kappa shape index (κ2) is 4.30. The van der Waals surface area contributed by atoms with Crippen molar-refractivity contribution in [2.45, 2.75) is 38.8 Å². The van der Waals surface area contributed by atoms with Crippen LogP contribution >= 0.6 is 0 Å². The van der Waals surface area contributed by atoms with Gasteiger partial charge in [-0.05, 0) is 39.0 Å². The van der Waals surface area contributed by atoms with Gasteiger partial charge in [-0.1, -0.05) is 12.2 Å². The second-order valence-corrected chi connectivity index (χ2v) is 6.05. The molecule has 1 fully saturated rings. The molecule has 0 aromatic heterocycles. The van der Waals surface area contributed by atoms with Gasteiger partial charge in [-0.3, -0.25) is 4.79 Å². The molecule has 0 spiro atoms. The van der Waals surface area contributed by atoms with Crippen LogP contribution < -0.4 is 11.1 Å². The van der Waals surface area contributed by atoms with Crippen molar-refractivity contribution in [1.29, 1.82) is 0 Å². The summed E-state index contributed by atoms with van der Waals surface area (Å²) in [6.07, 6.45) is 4.47. The van der Waals surface area contributed by atoms with Gasteiger partial charge in [0.05, 0.1) is 12.0 Å². The van der Waals surface area contributed by atoms with Gasteiger partial charge in [0.25, 0.3) is 0 Å². The lowest BCUT2D eigenvalue weighted by Gasteiger charge is -2.28. The number of hydrogen-bond acceptors (Lipinski definition) is 3. The fourth-order valence-electron chi connectivity index (χ4n) is 2.85. The number of nitrogens with two attached hydrogens (primary N) is 1. The number of alkyl carbamates (subject to hydrolysis) is 1. The highest BCUT2D eigenvalue weighted by Crippen LogP contribution is 2.43. The van der Waals surface area contributed by atoms with E-state index in [9.17, 15) is 9.59 Å². The molecule has 100 valence electrons. The molecule has 0 saturated heterocycles. The summed E-state index contributed by atoms with van der Waals surface area (Å²) in [5.41, 5.74) is 4.87. The van der Waals surface area contributed by atoms with Crippen molar-refractivity contribution in [3.63, 3.8) is 0 Å². The van der Waals surface area contributed by atoms with Gasteiger partial charge >= 0.3 is 6.09 Å². The average Bonchev–Trinajstić information content (AvgIpc) is 2.73. The normalized spacial score (nSPS) is 33.5. The van der Waals surface area contributed by atoms with E-state index in [0.29, 0.717) is 0 Å². The monoisotopic (exact) mass is 252 g/mol. The van der Waals surface area contributed by atoms with Gasteiger partial charge in [0, 0.05) is 0 Å². The van der Waals surface area contributed by atoms with Gasteiger partial charge in [-0.2, -0.15) is 0 Å². The topological polar surface area (TPSA) is 81.4 Å². The molecule has 0 heterocycles. The number of amides is 2. The minimum atomic E-state index is -0.542. The predicted molar refractivity (Wildman–Crippen MR) is 66.6 cm³/mol. The van der Waals surface area contributed by atoms with Crippen LogP contribution in [0.2, 0.25) is 0 Å². The number of carbonyl (C=O) groups excluding carboxylic acids is 2. The van der Waals surface area contributed by atoms with Gasteiger partial charge in [0.15, 0.2) is 0 Å². The van der Waals surface area contributed by atoms with E-state index in [1.165, 1.54) is 0 Å². The Labute approximate surface area is 107 Å². The Kier molecular flexibility index (Phi) is 3.09. The summed E-state index contributed by atoms with van der Waals surface area (Å²) >= 11 is 0. The van der Waals surface area contributed by atoms with Crippen molar-refractivity contribution in [2.75, 3.05) is 0 Å². The average molecular weight is 252 g/mol. The van der Waals surface area contributed by atoms with Crippen molar-refractivity contribution >= 4 is 12.0 Å². The number of nitrogens with one attached hydrogen (secondary N) is 1. The molecule has 1 unspecified atom stereocenters. The number of carbonyl (C=O) groups is 2. The maximum Gasteiger partial charge on any atom is 0.407 e. The number of fused-ring (bicyclic) bond motifs is 2. The third kappa shape index (κ3) is 2.49. The van der Waals surface area contributed by atoms with Crippen LogP contribution in [0.25, 0.3) is 0 Å². The van der Waals surface area contributed by atoms with E-state index in [4.69, 9.17) is 10.5 Å². The molecule has 0 radical (unpaired) electrons. The molecule has 3 N–H and O–H groups in total. The van der Waals surface area contributed by atoms with Gasteiger partial charge < -0.3 is 15.8 Å². The van der Waals surface area contributed by atoms with Gasteiger partial charge in [0.2, 0.25) is 5.91 Å². The lowest BCUT2D eigenvalue weighted by atomic mass is 9.88. The smallest absolute Gasteiger partial charge is 0.407 e. The number of ether oxygens (including phenoxy) is 1. The summed E-state index contributed by atoms with van der Waals surface area (Å²) < 4.78 is 5.21. The highest BCUT2D eigenvalue weighted by molar-refractivity contribution is 5.80. The first-order valence-electron chi connectivity index (χ1n) is 6.25. The van der Waals surface area contributed by atoms with Crippen molar-refractivity contribution in [3.8, 4) is 0 Å². The lowest BCUT2D eigenvalue weighted by Crippen LogP contribution is -2.48. The second-order valence-electron chi connectivity index (χ2n) is 6.05. The molecule has 4 atom stereocenters. The Morgan fingerprint density at radius 1 is 1.28 bits per heavy atom. The van der Waals surface area contributed by atoms with E-state index in [2.05, 4.69) is 5.32 Å². The summed E-state index contributed by atoms with van der Waals surface area (Å²) in [6.45, 7) is 5.41. The van der Waals surface area contributed by atoms with Crippen LogP contribution in [0.5, 0.6) is 0 Å². The maximum atomic E-state index is 11.7. The van der Waals surface area contributed by atoms with E-state index in [-0.39, 0.29) is 29.7 Å². The maximum absolute atomic E-state index is 11.7. The molecule has 0 aliphatic heterocycles. The molecule has 2 aliphatic carbocycles. The lowest BCUT2D eigenvalue weighted by molar-refractivity contribution is -0.123. The molecule has 2 amide bonds. The first-order valence-corrected chi connectivity index (χ1v) is 6.25. The van der Waals surface area contributed by atoms with Gasteiger partial charge in [-0.15, -0.1) is 0 Å². The van der Waals surface area contributed by atoms with Gasteiger partial charge in [0.1, 0.15) is 5.60 Å². The van der Waals surface area contributed by atoms with Gasteiger partial charge in [-0.25, -0.2) is 4.79 Å². The largest absolute Gasteiger partial charge is 0.444 e. The standard InChI is InChI=1S/C13H20N2O3/c1-13(2,3)18-12(17)15-10-8-5-4-7(6-8)9(10)11(14)16/h4-5,7-10H,6H2,1-3H3,(H2,14,16)(H,15,17)/t7-,8-,9?,10+/m0/s1. The molecule has 5 heteroatoms. The Morgan fingerprint density at radius 2 is 1.89 bits per heavy atom. The first kappa shape index (κ1) is 12.9. The quantitative estimate of drug-likeness (QED) is 0.724. The molecule has 0 aromatic rings. The molecule has 18 heavy (non-hydrogen) atoms. The number of primary amides is 1. The van der Waals surface area contributed by atoms with Crippen molar-refractivity contribution < 1.29 is 14.3 Å². The third-order valence-corrected chi connectivity index (χ3v) is 3.47. The Morgan fingerprint density at radius 3 is 2.44 bits per heavy atom. The molecular weight excluding hydrogens is 232 g/mol. The zero-order chi connectivity index (χ0) is 13.5. The molecule has 2 aliphatic rings.